The molecule has 70 valence electrons. The van der Waals surface area contributed by atoms with Crippen LogP contribution < -0.4 is 0 Å². The van der Waals surface area contributed by atoms with E-state index in [9.17, 15) is 0 Å². The van der Waals surface area contributed by atoms with Crippen LogP contribution in [0.4, 0.5) is 0 Å². The van der Waals surface area contributed by atoms with Crippen molar-refractivity contribution in [1.29, 1.82) is 0 Å². The predicted molar refractivity (Wildman–Crippen MR) is 61.9 cm³/mol. The maximum absolute atomic E-state index is 2.21. The summed E-state index contributed by atoms with van der Waals surface area (Å²) in [5.41, 5.74) is 2.68. The smallest absolute Gasteiger partial charge is 0.0244 e. The van der Waals surface area contributed by atoms with E-state index in [2.05, 4.69) is 54.6 Å². The van der Waals surface area contributed by atoms with Crippen LogP contribution in [0.25, 0.3) is 6.08 Å². The molecule has 0 saturated heterocycles. The van der Waals surface area contributed by atoms with Gasteiger partial charge in [0.05, 0.1) is 0 Å². The first-order valence-electron chi connectivity index (χ1n) is 5.04. The average molecular weight is 182 g/mol. The summed E-state index contributed by atoms with van der Waals surface area (Å²) in [6.45, 7) is 0. The SMILES string of the molecule is C1=CCCC(/C=C\c2ccccc2)=C1. The number of benzene rings is 1. The van der Waals surface area contributed by atoms with Crippen LogP contribution in [0.2, 0.25) is 0 Å². The highest BCUT2D eigenvalue weighted by molar-refractivity contribution is 5.53. The molecule has 14 heavy (non-hydrogen) atoms. The summed E-state index contributed by atoms with van der Waals surface area (Å²) < 4.78 is 0. The van der Waals surface area contributed by atoms with E-state index in [-0.39, 0.29) is 0 Å². The standard InChI is InChI=1S/C14H14/c1-3-7-13(8-4-1)11-12-14-9-5-2-6-10-14/h1-5,7-9,11-12H,6,10H2/b12-11-. The molecular formula is C14H14. The maximum atomic E-state index is 2.21. The van der Waals surface area contributed by atoms with Gasteiger partial charge in [0.15, 0.2) is 0 Å². The summed E-state index contributed by atoms with van der Waals surface area (Å²) in [4.78, 5) is 0. The van der Waals surface area contributed by atoms with E-state index in [0.717, 1.165) is 0 Å². The Morgan fingerprint density at radius 1 is 1.00 bits per heavy atom. The molecule has 0 aromatic heterocycles. The Hall–Kier alpha value is -1.56. The zero-order chi connectivity index (χ0) is 9.64. The van der Waals surface area contributed by atoms with Crippen molar-refractivity contribution in [1.82, 2.24) is 0 Å². The monoisotopic (exact) mass is 182 g/mol. The Bertz CT molecular complexity index is 366. The Labute approximate surface area is 85.3 Å². The number of allylic oxidation sites excluding steroid dienone is 5. The van der Waals surface area contributed by atoms with E-state index in [1.807, 2.05) is 6.07 Å². The van der Waals surface area contributed by atoms with E-state index in [1.54, 1.807) is 0 Å². The average Bonchev–Trinajstić information content (AvgIpc) is 2.29. The molecule has 2 rings (SSSR count). The predicted octanol–water partition coefficient (Wildman–Crippen LogP) is 3.98. The molecule has 0 unspecified atom stereocenters. The first kappa shape index (κ1) is 9.01. The van der Waals surface area contributed by atoms with Gasteiger partial charge in [-0.05, 0) is 24.0 Å². The second-order valence-corrected chi connectivity index (χ2v) is 3.45. The largest absolute Gasteiger partial charge is 0.0842 e. The lowest BCUT2D eigenvalue weighted by Crippen LogP contribution is -1.82. The summed E-state index contributed by atoms with van der Waals surface area (Å²) in [6.07, 6.45) is 13.2. The van der Waals surface area contributed by atoms with Crippen molar-refractivity contribution in [2.75, 3.05) is 0 Å². The molecule has 0 atom stereocenters. The van der Waals surface area contributed by atoms with Crippen LogP contribution in [0.15, 0.2) is 60.2 Å². The van der Waals surface area contributed by atoms with E-state index >= 15 is 0 Å². The van der Waals surface area contributed by atoms with E-state index in [4.69, 9.17) is 0 Å². The van der Waals surface area contributed by atoms with Crippen LogP contribution in [0.5, 0.6) is 0 Å². The molecule has 0 spiro atoms. The van der Waals surface area contributed by atoms with Crippen LogP contribution in [0, 0.1) is 0 Å². The van der Waals surface area contributed by atoms with Crippen molar-refractivity contribution in [2.24, 2.45) is 0 Å². The minimum atomic E-state index is 1.17. The molecule has 1 aliphatic rings. The maximum Gasteiger partial charge on any atom is -0.0244 e. The molecule has 0 radical (unpaired) electrons. The third-order valence-corrected chi connectivity index (χ3v) is 2.34. The lowest BCUT2D eigenvalue weighted by molar-refractivity contribution is 0.992. The lowest BCUT2D eigenvalue weighted by Gasteiger charge is -2.02. The highest BCUT2D eigenvalue weighted by Gasteiger charge is 1.94. The highest BCUT2D eigenvalue weighted by Crippen LogP contribution is 2.14. The molecule has 0 heteroatoms. The molecule has 1 aromatic carbocycles. The lowest BCUT2D eigenvalue weighted by atomic mass is 10.0. The van der Waals surface area contributed by atoms with Crippen LogP contribution in [0.3, 0.4) is 0 Å². The Balaban J connectivity index is 2.07. The van der Waals surface area contributed by atoms with Crippen molar-refractivity contribution in [2.45, 2.75) is 12.8 Å². The second kappa shape index (κ2) is 4.61. The molecule has 0 fully saturated rings. The van der Waals surface area contributed by atoms with Crippen LogP contribution in [-0.2, 0) is 0 Å². The zero-order valence-corrected chi connectivity index (χ0v) is 8.19. The highest BCUT2D eigenvalue weighted by atomic mass is 14.0. The Morgan fingerprint density at radius 2 is 1.86 bits per heavy atom. The first-order chi connectivity index (χ1) is 6.95. The molecule has 0 aliphatic heterocycles. The van der Waals surface area contributed by atoms with Gasteiger partial charge in [0.1, 0.15) is 0 Å². The minimum Gasteiger partial charge on any atom is -0.0842 e. The van der Waals surface area contributed by atoms with Crippen molar-refractivity contribution in [3.8, 4) is 0 Å². The molecule has 1 aliphatic carbocycles. The fraction of sp³-hybridized carbons (Fsp3) is 0.143. The topological polar surface area (TPSA) is 0 Å². The van der Waals surface area contributed by atoms with Gasteiger partial charge in [-0.25, -0.2) is 0 Å². The van der Waals surface area contributed by atoms with E-state index in [1.165, 1.54) is 24.0 Å². The normalized spacial score (nSPS) is 15.9. The number of hydrogen-bond acceptors (Lipinski definition) is 0. The van der Waals surface area contributed by atoms with E-state index in [0.29, 0.717) is 0 Å². The molecule has 0 heterocycles. The quantitative estimate of drug-likeness (QED) is 0.649. The van der Waals surface area contributed by atoms with Gasteiger partial charge >= 0.3 is 0 Å². The molecular weight excluding hydrogens is 168 g/mol. The van der Waals surface area contributed by atoms with Crippen LogP contribution in [0.1, 0.15) is 18.4 Å². The van der Waals surface area contributed by atoms with Gasteiger partial charge in [-0.15, -0.1) is 0 Å². The number of hydrogen-bond donors (Lipinski definition) is 0. The summed E-state index contributed by atoms with van der Waals surface area (Å²) in [6, 6.07) is 10.4. The van der Waals surface area contributed by atoms with Gasteiger partial charge in [0.25, 0.3) is 0 Å². The zero-order valence-electron chi connectivity index (χ0n) is 8.19. The molecule has 0 nitrogen and oxygen atoms in total. The fourth-order valence-corrected chi connectivity index (χ4v) is 1.53. The van der Waals surface area contributed by atoms with Crippen molar-refractivity contribution < 1.29 is 0 Å². The van der Waals surface area contributed by atoms with Gasteiger partial charge < -0.3 is 0 Å². The van der Waals surface area contributed by atoms with Crippen LogP contribution in [-0.4, -0.2) is 0 Å². The van der Waals surface area contributed by atoms with Gasteiger partial charge in [-0.1, -0.05) is 60.7 Å². The summed E-state index contributed by atoms with van der Waals surface area (Å²) in [5.74, 6) is 0. The van der Waals surface area contributed by atoms with Crippen molar-refractivity contribution >= 4 is 6.08 Å². The van der Waals surface area contributed by atoms with E-state index < -0.39 is 0 Å². The molecule has 0 N–H and O–H groups in total. The van der Waals surface area contributed by atoms with Crippen molar-refractivity contribution in [3.05, 3.63) is 65.8 Å². The van der Waals surface area contributed by atoms with Gasteiger partial charge in [-0.2, -0.15) is 0 Å². The molecule has 1 aromatic rings. The third-order valence-electron chi connectivity index (χ3n) is 2.34. The summed E-state index contributed by atoms with van der Waals surface area (Å²) in [5, 5.41) is 0. The molecule has 0 bridgehead atoms. The first-order valence-corrected chi connectivity index (χ1v) is 5.04. The van der Waals surface area contributed by atoms with Gasteiger partial charge in [-0.3, -0.25) is 0 Å². The van der Waals surface area contributed by atoms with Gasteiger partial charge in [0.2, 0.25) is 0 Å². The molecule has 0 saturated carbocycles. The third kappa shape index (κ3) is 2.46. The Kier molecular flexibility index (Phi) is 2.97. The molecule has 0 amide bonds. The van der Waals surface area contributed by atoms with Crippen LogP contribution >= 0.6 is 0 Å². The summed E-state index contributed by atoms with van der Waals surface area (Å²) >= 11 is 0. The number of rotatable bonds is 2. The fourth-order valence-electron chi connectivity index (χ4n) is 1.53. The second-order valence-electron chi connectivity index (χ2n) is 3.45. The Morgan fingerprint density at radius 3 is 2.57 bits per heavy atom. The van der Waals surface area contributed by atoms with Crippen molar-refractivity contribution in [3.63, 3.8) is 0 Å². The minimum absolute atomic E-state index is 1.17. The summed E-state index contributed by atoms with van der Waals surface area (Å²) in [7, 11) is 0. The van der Waals surface area contributed by atoms with Gasteiger partial charge in [0, 0.05) is 0 Å².